The SMILES string of the molecule is C=CC(=O)OCC(=O)OC1(C2CCC(=O)O2)CCCCC1. The Morgan fingerprint density at radius 1 is 1.33 bits per heavy atom. The van der Waals surface area contributed by atoms with Crippen LogP contribution in [0.2, 0.25) is 0 Å². The molecule has 0 bridgehead atoms. The average Bonchev–Trinajstić information content (AvgIpc) is 2.93. The van der Waals surface area contributed by atoms with Gasteiger partial charge in [-0.05, 0) is 32.1 Å². The molecule has 1 unspecified atom stereocenters. The maximum absolute atomic E-state index is 11.9. The van der Waals surface area contributed by atoms with Gasteiger partial charge in [0.2, 0.25) is 0 Å². The molecule has 1 atom stereocenters. The Balaban J connectivity index is 1.99. The standard InChI is InChI=1S/C15H20O6/c1-2-12(16)19-10-14(18)21-15(8-4-3-5-9-15)11-6-7-13(17)20-11/h2,11H,1,3-10H2. The molecule has 0 aromatic carbocycles. The fraction of sp³-hybridized carbons (Fsp3) is 0.667. The predicted octanol–water partition coefficient (Wildman–Crippen LogP) is 1.67. The van der Waals surface area contributed by atoms with Crippen LogP contribution in [0.1, 0.15) is 44.9 Å². The van der Waals surface area contributed by atoms with Crippen molar-refractivity contribution in [2.75, 3.05) is 6.61 Å². The molecule has 1 saturated heterocycles. The fourth-order valence-corrected chi connectivity index (χ4v) is 2.98. The molecule has 1 heterocycles. The summed E-state index contributed by atoms with van der Waals surface area (Å²) < 4.78 is 15.6. The Bertz CT molecular complexity index is 435. The molecule has 2 fully saturated rings. The van der Waals surface area contributed by atoms with Gasteiger partial charge in [0.1, 0.15) is 11.7 Å². The first-order valence-electron chi connectivity index (χ1n) is 7.26. The number of esters is 3. The molecule has 1 aliphatic heterocycles. The second-order valence-electron chi connectivity index (χ2n) is 5.43. The highest BCUT2D eigenvalue weighted by molar-refractivity contribution is 5.83. The first-order chi connectivity index (χ1) is 10.1. The van der Waals surface area contributed by atoms with E-state index in [0.29, 0.717) is 25.7 Å². The molecule has 1 saturated carbocycles. The second kappa shape index (κ2) is 6.74. The van der Waals surface area contributed by atoms with Gasteiger partial charge >= 0.3 is 17.9 Å². The van der Waals surface area contributed by atoms with Crippen LogP contribution in [0.5, 0.6) is 0 Å². The molecule has 6 heteroatoms. The third-order valence-electron chi connectivity index (χ3n) is 3.99. The Morgan fingerprint density at radius 3 is 2.62 bits per heavy atom. The van der Waals surface area contributed by atoms with Crippen molar-refractivity contribution in [2.45, 2.75) is 56.7 Å². The number of hydrogen-bond acceptors (Lipinski definition) is 6. The number of carbonyl (C=O) groups is 3. The normalized spacial score (nSPS) is 24.0. The van der Waals surface area contributed by atoms with Crippen molar-refractivity contribution in [2.24, 2.45) is 0 Å². The molecule has 0 amide bonds. The molecule has 116 valence electrons. The molecule has 0 N–H and O–H groups in total. The van der Waals surface area contributed by atoms with E-state index >= 15 is 0 Å². The van der Waals surface area contributed by atoms with E-state index in [1.54, 1.807) is 0 Å². The molecular weight excluding hydrogens is 276 g/mol. The van der Waals surface area contributed by atoms with Crippen LogP contribution in [-0.4, -0.2) is 36.2 Å². The Hall–Kier alpha value is -1.85. The van der Waals surface area contributed by atoms with E-state index in [0.717, 1.165) is 25.3 Å². The molecule has 0 aromatic rings. The molecule has 2 aliphatic rings. The molecular formula is C15H20O6. The van der Waals surface area contributed by atoms with Gasteiger partial charge in [-0.3, -0.25) is 4.79 Å². The topological polar surface area (TPSA) is 78.9 Å². The highest BCUT2D eigenvalue weighted by atomic mass is 16.6. The van der Waals surface area contributed by atoms with E-state index in [1.807, 2.05) is 0 Å². The number of ether oxygens (including phenoxy) is 3. The molecule has 2 rings (SSSR count). The van der Waals surface area contributed by atoms with Crippen LogP contribution in [0, 0.1) is 0 Å². The van der Waals surface area contributed by atoms with Gasteiger partial charge in [-0.2, -0.15) is 0 Å². The zero-order valence-corrected chi connectivity index (χ0v) is 12.0. The van der Waals surface area contributed by atoms with Crippen LogP contribution in [-0.2, 0) is 28.6 Å². The van der Waals surface area contributed by atoms with E-state index in [1.165, 1.54) is 0 Å². The summed E-state index contributed by atoms with van der Waals surface area (Å²) in [5.74, 6) is -1.54. The largest absolute Gasteiger partial charge is 0.458 e. The van der Waals surface area contributed by atoms with Gasteiger partial charge in [-0.1, -0.05) is 13.0 Å². The predicted molar refractivity (Wildman–Crippen MR) is 72.2 cm³/mol. The molecule has 0 spiro atoms. The molecule has 0 aromatic heterocycles. The van der Waals surface area contributed by atoms with Crippen molar-refractivity contribution in [3.8, 4) is 0 Å². The van der Waals surface area contributed by atoms with Crippen molar-refractivity contribution in [3.63, 3.8) is 0 Å². The van der Waals surface area contributed by atoms with Gasteiger partial charge in [-0.15, -0.1) is 0 Å². The third-order valence-corrected chi connectivity index (χ3v) is 3.99. The Morgan fingerprint density at radius 2 is 2.05 bits per heavy atom. The maximum Gasteiger partial charge on any atom is 0.344 e. The average molecular weight is 296 g/mol. The van der Waals surface area contributed by atoms with Crippen LogP contribution >= 0.6 is 0 Å². The van der Waals surface area contributed by atoms with Gasteiger partial charge in [0, 0.05) is 12.5 Å². The van der Waals surface area contributed by atoms with Crippen molar-refractivity contribution < 1.29 is 28.6 Å². The van der Waals surface area contributed by atoms with Gasteiger partial charge in [0.15, 0.2) is 6.61 Å². The third kappa shape index (κ3) is 3.83. The van der Waals surface area contributed by atoms with E-state index in [4.69, 9.17) is 9.47 Å². The van der Waals surface area contributed by atoms with Gasteiger partial charge in [0.05, 0.1) is 0 Å². The summed E-state index contributed by atoms with van der Waals surface area (Å²) in [4.78, 5) is 34.2. The summed E-state index contributed by atoms with van der Waals surface area (Å²) in [5.41, 5.74) is -0.762. The van der Waals surface area contributed by atoms with E-state index in [-0.39, 0.29) is 12.1 Å². The molecule has 6 nitrogen and oxygen atoms in total. The Kier molecular flexibility index (Phi) is 4.98. The Labute approximate surface area is 123 Å². The zero-order valence-electron chi connectivity index (χ0n) is 12.0. The minimum Gasteiger partial charge on any atom is -0.458 e. The quantitative estimate of drug-likeness (QED) is 0.436. The summed E-state index contributed by atoms with van der Waals surface area (Å²) in [6.45, 7) is 2.80. The monoisotopic (exact) mass is 296 g/mol. The van der Waals surface area contributed by atoms with Crippen molar-refractivity contribution in [3.05, 3.63) is 12.7 Å². The summed E-state index contributed by atoms with van der Waals surface area (Å²) in [7, 11) is 0. The van der Waals surface area contributed by atoms with E-state index < -0.39 is 24.1 Å². The lowest BCUT2D eigenvalue weighted by molar-refractivity contribution is -0.189. The van der Waals surface area contributed by atoms with Crippen LogP contribution in [0.25, 0.3) is 0 Å². The van der Waals surface area contributed by atoms with Gasteiger partial charge in [0.25, 0.3) is 0 Å². The minimum absolute atomic E-state index is 0.251. The van der Waals surface area contributed by atoms with Crippen LogP contribution in [0.3, 0.4) is 0 Å². The maximum atomic E-state index is 11.9. The number of cyclic esters (lactones) is 1. The lowest BCUT2D eigenvalue weighted by Gasteiger charge is -2.40. The first-order valence-corrected chi connectivity index (χ1v) is 7.26. The lowest BCUT2D eigenvalue weighted by Crippen LogP contribution is -2.48. The summed E-state index contributed by atoms with van der Waals surface area (Å²) in [5, 5.41) is 0. The van der Waals surface area contributed by atoms with E-state index in [2.05, 4.69) is 11.3 Å². The smallest absolute Gasteiger partial charge is 0.344 e. The summed E-state index contributed by atoms with van der Waals surface area (Å²) >= 11 is 0. The minimum atomic E-state index is -0.762. The van der Waals surface area contributed by atoms with Crippen LogP contribution < -0.4 is 0 Å². The van der Waals surface area contributed by atoms with E-state index in [9.17, 15) is 14.4 Å². The van der Waals surface area contributed by atoms with Crippen molar-refractivity contribution in [1.82, 2.24) is 0 Å². The van der Waals surface area contributed by atoms with Crippen molar-refractivity contribution >= 4 is 17.9 Å². The second-order valence-corrected chi connectivity index (χ2v) is 5.43. The van der Waals surface area contributed by atoms with Gasteiger partial charge in [-0.25, -0.2) is 9.59 Å². The number of hydrogen-bond donors (Lipinski definition) is 0. The molecule has 21 heavy (non-hydrogen) atoms. The summed E-state index contributed by atoms with van der Waals surface area (Å²) in [6, 6.07) is 0. The zero-order chi connectivity index (χ0) is 15.3. The van der Waals surface area contributed by atoms with Crippen LogP contribution in [0.15, 0.2) is 12.7 Å². The number of rotatable bonds is 5. The van der Waals surface area contributed by atoms with Crippen LogP contribution in [0.4, 0.5) is 0 Å². The molecule has 1 aliphatic carbocycles. The molecule has 0 radical (unpaired) electrons. The highest BCUT2D eigenvalue weighted by Gasteiger charge is 2.48. The number of carbonyl (C=O) groups excluding carboxylic acids is 3. The lowest BCUT2D eigenvalue weighted by atomic mass is 9.79. The van der Waals surface area contributed by atoms with Crippen molar-refractivity contribution in [1.29, 1.82) is 0 Å². The van der Waals surface area contributed by atoms with Gasteiger partial charge < -0.3 is 14.2 Å². The highest BCUT2D eigenvalue weighted by Crippen LogP contribution is 2.40. The first kappa shape index (κ1) is 15.5. The fourth-order valence-electron chi connectivity index (χ4n) is 2.98. The summed E-state index contributed by atoms with van der Waals surface area (Å²) in [6.07, 6.45) is 5.80.